The number of fused-ring (bicyclic) bond motifs is 6. The fourth-order valence-corrected chi connectivity index (χ4v) is 9.42. The number of nitrogens with one attached hydrogen (secondary N) is 2. The molecule has 3 aliphatic rings. The second-order valence-corrected chi connectivity index (χ2v) is 12.7. The summed E-state index contributed by atoms with van der Waals surface area (Å²) in [4.78, 5) is 29.2. The molecule has 1 amide bonds. The Morgan fingerprint density at radius 2 is 2.06 bits per heavy atom. The Hall–Kier alpha value is -2.03. The van der Waals surface area contributed by atoms with Gasteiger partial charge in [-0.1, -0.05) is 39.4 Å². The first-order valence-corrected chi connectivity index (χ1v) is 14.1. The van der Waals surface area contributed by atoms with Gasteiger partial charge in [0, 0.05) is 31.8 Å². The van der Waals surface area contributed by atoms with Gasteiger partial charge in [-0.2, -0.15) is 0 Å². The van der Waals surface area contributed by atoms with Crippen molar-refractivity contribution in [2.45, 2.75) is 42.4 Å². The number of aromatic amines is 1. The third-order valence-electron chi connectivity index (χ3n) is 7.43. The van der Waals surface area contributed by atoms with E-state index in [2.05, 4.69) is 32.3 Å². The molecule has 176 valence electrons. The Labute approximate surface area is 214 Å². The Bertz CT molecular complexity index is 1320. The number of ether oxygens (including phenoxy) is 1. The predicted molar refractivity (Wildman–Crippen MR) is 140 cm³/mol. The zero-order chi connectivity index (χ0) is 23.4. The molecule has 2 fully saturated rings. The third kappa shape index (κ3) is 4.03. The van der Waals surface area contributed by atoms with Crippen LogP contribution in [-0.4, -0.2) is 22.7 Å². The number of thiazole rings is 1. The minimum Gasteiger partial charge on any atom is -0.483 e. The first kappa shape index (κ1) is 22.4. The molecule has 1 aliphatic heterocycles. The molecule has 2 bridgehead atoms. The van der Waals surface area contributed by atoms with Crippen LogP contribution in [0.25, 0.3) is 0 Å². The number of aryl methyl sites for hydroxylation is 1. The van der Waals surface area contributed by atoms with Gasteiger partial charge in [0.15, 0.2) is 6.61 Å². The summed E-state index contributed by atoms with van der Waals surface area (Å²) in [6.45, 7) is 1.93. The average Bonchev–Trinajstić information content (AvgIpc) is 3.51. The first-order valence-electron chi connectivity index (χ1n) is 11.6. The molecule has 6 rings (SSSR count). The number of hydrogen-bond acceptors (Lipinski definition) is 5. The van der Waals surface area contributed by atoms with E-state index in [0.29, 0.717) is 22.8 Å². The molecule has 0 spiro atoms. The fourth-order valence-electron chi connectivity index (χ4n) is 6.15. The van der Waals surface area contributed by atoms with E-state index in [1.54, 1.807) is 0 Å². The van der Waals surface area contributed by atoms with E-state index in [1.807, 2.05) is 55.1 Å². The number of hydrogen-bond donors (Lipinski definition) is 2. The van der Waals surface area contributed by atoms with E-state index in [-0.39, 0.29) is 23.3 Å². The van der Waals surface area contributed by atoms with Gasteiger partial charge >= 0.3 is 4.87 Å². The number of H-pyrrole nitrogens is 1. The van der Waals surface area contributed by atoms with Crippen LogP contribution in [0.5, 0.6) is 5.75 Å². The highest BCUT2D eigenvalue weighted by Gasteiger charge is 2.55. The molecule has 4 unspecified atom stereocenters. The van der Waals surface area contributed by atoms with Crippen molar-refractivity contribution in [1.82, 2.24) is 4.98 Å². The molecule has 2 heterocycles. The maximum atomic E-state index is 12.6. The third-order valence-corrected chi connectivity index (χ3v) is 10.5. The minimum atomic E-state index is -0.191. The van der Waals surface area contributed by atoms with Crippen LogP contribution in [0.2, 0.25) is 0 Å². The number of carbonyl (C=O) groups is 1. The van der Waals surface area contributed by atoms with Gasteiger partial charge in [-0.15, -0.1) is 11.8 Å². The van der Waals surface area contributed by atoms with Gasteiger partial charge in [0.05, 0.1) is 5.03 Å². The molecule has 2 aliphatic carbocycles. The number of halogens is 1. The monoisotopic (exact) mass is 556 g/mol. The highest BCUT2D eigenvalue weighted by Crippen LogP contribution is 2.64. The number of rotatable bonds is 5. The summed E-state index contributed by atoms with van der Waals surface area (Å²) >= 11 is 6.85. The Balaban J connectivity index is 1.31. The second-order valence-electron chi connectivity index (χ2n) is 9.57. The van der Waals surface area contributed by atoms with E-state index in [0.717, 1.165) is 37.1 Å². The lowest BCUT2D eigenvalue weighted by Crippen LogP contribution is -2.34. The largest absolute Gasteiger partial charge is 0.483 e. The molecule has 0 radical (unpaired) electrons. The maximum absolute atomic E-state index is 12.6. The summed E-state index contributed by atoms with van der Waals surface area (Å²) in [5.74, 6) is 2.51. The van der Waals surface area contributed by atoms with Crippen molar-refractivity contribution >= 4 is 50.6 Å². The number of thioether (sulfide) groups is 1. The van der Waals surface area contributed by atoms with Crippen molar-refractivity contribution in [3.63, 3.8) is 0 Å². The fraction of sp³-hybridized carbons (Fsp3) is 0.385. The lowest BCUT2D eigenvalue weighted by molar-refractivity contribution is -0.118. The summed E-state index contributed by atoms with van der Waals surface area (Å²) < 4.78 is 7.11. The van der Waals surface area contributed by atoms with E-state index in [1.165, 1.54) is 30.6 Å². The number of carbonyl (C=O) groups excluding carboxylic acids is 1. The van der Waals surface area contributed by atoms with Gasteiger partial charge in [-0.05, 0) is 79.8 Å². The highest BCUT2D eigenvalue weighted by molar-refractivity contribution is 9.10. The van der Waals surface area contributed by atoms with Gasteiger partial charge < -0.3 is 15.0 Å². The summed E-state index contributed by atoms with van der Waals surface area (Å²) in [5, 5.41) is 4.47. The number of anilines is 1. The van der Waals surface area contributed by atoms with Crippen LogP contribution in [-0.2, 0) is 4.79 Å². The lowest BCUT2D eigenvalue weighted by Gasteiger charge is -2.40. The van der Waals surface area contributed by atoms with Gasteiger partial charge in [-0.3, -0.25) is 9.59 Å². The topological polar surface area (TPSA) is 71.2 Å². The molecule has 2 aromatic carbocycles. The number of amides is 1. The summed E-state index contributed by atoms with van der Waals surface area (Å²) in [5.41, 5.74) is 2.92. The molecule has 2 saturated carbocycles. The Morgan fingerprint density at radius 1 is 1.21 bits per heavy atom. The molecule has 2 N–H and O–H groups in total. The molecule has 5 atom stereocenters. The van der Waals surface area contributed by atoms with Gasteiger partial charge in [0.25, 0.3) is 5.91 Å². The van der Waals surface area contributed by atoms with E-state index >= 15 is 0 Å². The molecular weight excluding hydrogens is 532 g/mol. The molecule has 0 saturated heterocycles. The van der Waals surface area contributed by atoms with E-state index < -0.39 is 0 Å². The molecule has 5 nitrogen and oxygen atoms in total. The Morgan fingerprint density at radius 3 is 2.91 bits per heavy atom. The molecule has 3 aromatic rings. The van der Waals surface area contributed by atoms with Crippen LogP contribution in [0.4, 0.5) is 5.69 Å². The van der Waals surface area contributed by atoms with Crippen molar-refractivity contribution in [2.24, 2.45) is 17.8 Å². The molecule has 8 heteroatoms. The highest BCUT2D eigenvalue weighted by atomic mass is 79.9. The predicted octanol–water partition coefficient (Wildman–Crippen LogP) is 6.18. The van der Waals surface area contributed by atoms with Crippen molar-refractivity contribution in [3.05, 3.63) is 72.6 Å². The average molecular weight is 558 g/mol. The van der Waals surface area contributed by atoms with Crippen molar-refractivity contribution < 1.29 is 9.53 Å². The second kappa shape index (κ2) is 8.88. The van der Waals surface area contributed by atoms with Crippen molar-refractivity contribution in [1.29, 1.82) is 0 Å². The SMILES string of the molecule is Cc1cccc(NC(=O)COc2ccc(Br)cc2[C@H]2c3sc(=O)[nH]c3SC3C4CCC(C4)C32)c1. The van der Waals surface area contributed by atoms with Gasteiger partial charge in [0.2, 0.25) is 0 Å². The van der Waals surface area contributed by atoms with E-state index in [9.17, 15) is 9.59 Å². The normalized spacial score (nSPS) is 26.7. The zero-order valence-electron chi connectivity index (χ0n) is 18.7. The van der Waals surface area contributed by atoms with Crippen molar-refractivity contribution in [3.8, 4) is 5.75 Å². The van der Waals surface area contributed by atoms with E-state index in [4.69, 9.17) is 4.74 Å². The van der Waals surface area contributed by atoms with Crippen molar-refractivity contribution in [2.75, 3.05) is 11.9 Å². The molecular formula is C26H25BrN2O3S2. The summed E-state index contributed by atoms with van der Waals surface area (Å²) in [6, 6.07) is 13.7. The smallest absolute Gasteiger partial charge is 0.305 e. The zero-order valence-corrected chi connectivity index (χ0v) is 21.9. The van der Waals surface area contributed by atoms with Crippen LogP contribution >= 0.6 is 39.0 Å². The molecule has 1 aromatic heterocycles. The van der Waals surface area contributed by atoms with Gasteiger partial charge in [-0.25, -0.2) is 0 Å². The van der Waals surface area contributed by atoms with Gasteiger partial charge in [0.1, 0.15) is 5.75 Å². The molecule has 34 heavy (non-hydrogen) atoms. The number of benzene rings is 2. The number of aromatic nitrogens is 1. The van der Waals surface area contributed by atoms with Crippen LogP contribution in [0.3, 0.4) is 0 Å². The van der Waals surface area contributed by atoms with Crippen LogP contribution in [0.1, 0.15) is 41.2 Å². The Kier molecular flexibility index (Phi) is 5.86. The van der Waals surface area contributed by atoms with Crippen LogP contribution < -0.4 is 14.9 Å². The summed E-state index contributed by atoms with van der Waals surface area (Å²) in [6.07, 6.45) is 3.83. The summed E-state index contributed by atoms with van der Waals surface area (Å²) in [7, 11) is 0. The van der Waals surface area contributed by atoms with Crippen LogP contribution in [0.15, 0.2) is 56.8 Å². The quantitative estimate of drug-likeness (QED) is 0.393. The first-order chi connectivity index (χ1) is 16.5. The lowest BCUT2D eigenvalue weighted by atomic mass is 9.74. The maximum Gasteiger partial charge on any atom is 0.305 e. The standard InChI is InChI=1S/C26H25BrN2O3S2/c1-13-3-2-4-17(9-13)28-20(30)12-32-19-8-7-16(27)11-18(19)22-21-14-5-6-15(10-14)23(21)33-25-24(22)34-26(31)29-25/h2-4,7-9,11,14-15,21-23H,5-6,10,12H2,1H3,(H,28,30)(H,29,31)/t14?,15?,21?,22-,23?/m1/s1. The van der Waals surface area contributed by atoms with Crippen LogP contribution in [0, 0.1) is 24.7 Å². The minimum absolute atomic E-state index is 0.00446.